The number of amides is 1. The molecule has 1 aliphatic rings. The van der Waals surface area contributed by atoms with Crippen molar-refractivity contribution in [1.29, 1.82) is 0 Å². The van der Waals surface area contributed by atoms with Gasteiger partial charge in [-0.15, -0.1) is 0 Å². The normalized spacial score (nSPS) is 17.3. The van der Waals surface area contributed by atoms with Crippen molar-refractivity contribution >= 4 is 5.91 Å². The number of carbonyl (C=O) groups is 1. The molecule has 8 heteroatoms. The molecule has 1 aliphatic heterocycles. The summed E-state index contributed by atoms with van der Waals surface area (Å²) in [5.41, 5.74) is 0.809. The van der Waals surface area contributed by atoms with Crippen LogP contribution < -0.4 is 4.74 Å². The van der Waals surface area contributed by atoms with E-state index >= 15 is 0 Å². The van der Waals surface area contributed by atoms with Crippen molar-refractivity contribution in [1.82, 2.24) is 15.1 Å². The predicted molar refractivity (Wildman–Crippen MR) is 89.8 cm³/mol. The lowest BCUT2D eigenvalue weighted by molar-refractivity contribution is 0.0423. The van der Waals surface area contributed by atoms with Gasteiger partial charge >= 0.3 is 0 Å². The number of aromatic amines is 1. The van der Waals surface area contributed by atoms with Gasteiger partial charge < -0.3 is 14.4 Å². The molecule has 1 unspecified atom stereocenters. The molecule has 1 saturated heterocycles. The molecule has 1 aromatic carbocycles. The fraction of sp³-hybridized carbons (Fsp3) is 0.444. The van der Waals surface area contributed by atoms with E-state index in [9.17, 15) is 13.6 Å². The highest BCUT2D eigenvalue weighted by Crippen LogP contribution is 2.21. The maximum Gasteiger partial charge on any atom is 0.274 e. The van der Waals surface area contributed by atoms with E-state index in [1.807, 2.05) is 0 Å². The topological polar surface area (TPSA) is 67.4 Å². The van der Waals surface area contributed by atoms with Crippen molar-refractivity contribution in [3.05, 3.63) is 47.3 Å². The molecule has 3 rings (SSSR count). The van der Waals surface area contributed by atoms with E-state index in [4.69, 9.17) is 9.47 Å². The Balaban J connectivity index is 1.64. The summed E-state index contributed by atoms with van der Waals surface area (Å²) in [6, 6.07) is 4.72. The number of halogens is 2. The summed E-state index contributed by atoms with van der Waals surface area (Å²) in [7, 11) is 1.62. The Hall–Kier alpha value is -2.48. The summed E-state index contributed by atoms with van der Waals surface area (Å²) in [6.45, 7) is 1.16. The van der Waals surface area contributed by atoms with E-state index in [0.29, 0.717) is 18.8 Å². The second kappa shape index (κ2) is 8.27. The lowest BCUT2D eigenvalue weighted by Gasteiger charge is -2.34. The van der Waals surface area contributed by atoms with Crippen LogP contribution in [0.3, 0.4) is 0 Å². The van der Waals surface area contributed by atoms with E-state index in [-0.39, 0.29) is 30.0 Å². The molecule has 1 N–H and O–H groups in total. The third-order valence-electron chi connectivity index (χ3n) is 4.37. The number of piperidine rings is 1. The first-order valence-corrected chi connectivity index (χ1v) is 8.50. The molecule has 0 spiro atoms. The van der Waals surface area contributed by atoms with Gasteiger partial charge in [-0.2, -0.15) is 5.10 Å². The van der Waals surface area contributed by atoms with Gasteiger partial charge in [-0.1, -0.05) is 0 Å². The summed E-state index contributed by atoms with van der Waals surface area (Å²) < 4.78 is 37.0. The first kappa shape index (κ1) is 18.3. The maximum absolute atomic E-state index is 13.6. The van der Waals surface area contributed by atoms with Gasteiger partial charge in [-0.25, -0.2) is 8.78 Å². The van der Waals surface area contributed by atoms with Gasteiger partial charge in [0.2, 0.25) is 0 Å². The van der Waals surface area contributed by atoms with Crippen LogP contribution in [0.15, 0.2) is 24.3 Å². The third-order valence-corrected chi connectivity index (χ3v) is 4.37. The molecule has 0 radical (unpaired) electrons. The van der Waals surface area contributed by atoms with Gasteiger partial charge in [0.25, 0.3) is 5.91 Å². The maximum atomic E-state index is 13.6. The SMILES string of the molecule is COCC1CCCCN1C(=O)c1cc(COc2ccc(F)cc2F)[nH]n1. The number of aromatic nitrogens is 2. The fourth-order valence-electron chi connectivity index (χ4n) is 3.07. The largest absolute Gasteiger partial charge is 0.484 e. The number of methoxy groups -OCH3 is 1. The molecule has 1 amide bonds. The first-order chi connectivity index (χ1) is 12.6. The van der Waals surface area contributed by atoms with Crippen molar-refractivity contribution < 1.29 is 23.0 Å². The van der Waals surface area contributed by atoms with Gasteiger partial charge in [0.05, 0.1) is 18.3 Å². The lowest BCUT2D eigenvalue weighted by Crippen LogP contribution is -2.46. The summed E-state index contributed by atoms with van der Waals surface area (Å²) in [4.78, 5) is 14.5. The number of rotatable bonds is 6. The van der Waals surface area contributed by atoms with Crippen molar-refractivity contribution in [3.63, 3.8) is 0 Å². The molecule has 0 bridgehead atoms. The van der Waals surface area contributed by atoms with Crippen LogP contribution in [-0.2, 0) is 11.3 Å². The van der Waals surface area contributed by atoms with Crippen LogP contribution in [0.2, 0.25) is 0 Å². The minimum atomic E-state index is -0.781. The highest BCUT2D eigenvalue weighted by Gasteiger charge is 2.28. The molecule has 2 aromatic rings. The molecule has 1 aromatic heterocycles. The second-order valence-corrected chi connectivity index (χ2v) is 6.25. The van der Waals surface area contributed by atoms with E-state index in [1.54, 1.807) is 18.1 Å². The Labute approximate surface area is 150 Å². The Morgan fingerprint density at radius 1 is 1.35 bits per heavy atom. The van der Waals surface area contributed by atoms with E-state index in [1.165, 1.54) is 6.07 Å². The first-order valence-electron chi connectivity index (χ1n) is 8.50. The number of benzene rings is 1. The monoisotopic (exact) mass is 365 g/mol. The van der Waals surface area contributed by atoms with Crippen LogP contribution >= 0.6 is 0 Å². The summed E-state index contributed by atoms with van der Waals surface area (Å²) in [5, 5.41) is 6.77. The molecule has 1 atom stereocenters. The number of ether oxygens (including phenoxy) is 2. The summed E-state index contributed by atoms with van der Waals surface area (Å²) in [5.74, 6) is -1.68. The molecule has 2 heterocycles. The van der Waals surface area contributed by atoms with Gasteiger partial charge in [0.15, 0.2) is 17.3 Å². The third kappa shape index (κ3) is 4.19. The number of nitrogens with zero attached hydrogens (tertiary/aromatic N) is 2. The zero-order valence-corrected chi connectivity index (χ0v) is 14.5. The minimum Gasteiger partial charge on any atom is -0.484 e. The molecule has 0 aliphatic carbocycles. The molecule has 140 valence electrons. The van der Waals surface area contributed by atoms with Crippen LogP contribution in [0.4, 0.5) is 8.78 Å². The highest BCUT2D eigenvalue weighted by atomic mass is 19.1. The second-order valence-electron chi connectivity index (χ2n) is 6.25. The quantitative estimate of drug-likeness (QED) is 0.855. The van der Waals surface area contributed by atoms with E-state index in [0.717, 1.165) is 31.4 Å². The molecule has 1 fully saturated rings. The highest BCUT2D eigenvalue weighted by molar-refractivity contribution is 5.92. The van der Waals surface area contributed by atoms with Crippen molar-refractivity contribution in [3.8, 4) is 5.75 Å². The number of likely N-dealkylation sites (tertiary alicyclic amines) is 1. The standard InChI is InChI=1S/C18H21F2N3O3/c1-25-11-14-4-2-3-7-23(14)18(24)16-9-13(21-22-16)10-26-17-6-5-12(19)8-15(17)20/h5-6,8-9,14H,2-4,7,10-11H2,1H3,(H,21,22). The molecule has 26 heavy (non-hydrogen) atoms. The zero-order valence-electron chi connectivity index (χ0n) is 14.5. The van der Waals surface area contributed by atoms with Gasteiger partial charge in [-0.05, 0) is 37.5 Å². The average molecular weight is 365 g/mol. The van der Waals surface area contributed by atoms with Crippen molar-refractivity contribution in [2.24, 2.45) is 0 Å². The Morgan fingerprint density at radius 2 is 2.19 bits per heavy atom. The smallest absolute Gasteiger partial charge is 0.274 e. The van der Waals surface area contributed by atoms with Crippen LogP contribution in [0.1, 0.15) is 35.4 Å². The predicted octanol–water partition coefficient (Wildman–Crippen LogP) is 2.91. The lowest BCUT2D eigenvalue weighted by atomic mass is 10.0. The Bertz CT molecular complexity index is 764. The Kier molecular flexibility index (Phi) is 5.82. The van der Waals surface area contributed by atoms with Crippen molar-refractivity contribution in [2.75, 3.05) is 20.3 Å². The molecular formula is C18H21F2N3O3. The summed E-state index contributed by atoms with van der Waals surface area (Å²) in [6.07, 6.45) is 2.93. The average Bonchev–Trinajstić information content (AvgIpc) is 3.10. The van der Waals surface area contributed by atoms with Crippen LogP contribution in [-0.4, -0.2) is 47.3 Å². The van der Waals surface area contributed by atoms with Crippen LogP contribution in [0, 0.1) is 11.6 Å². The number of H-pyrrole nitrogens is 1. The van der Waals surface area contributed by atoms with Gasteiger partial charge in [0, 0.05) is 19.7 Å². The summed E-state index contributed by atoms with van der Waals surface area (Å²) >= 11 is 0. The van der Waals surface area contributed by atoms with E-state index < -0.39 is 11.6 Å². The Morgan fingerprint density at radius 3 is 2.96 bits per heavy atom. The zero-order chi connectivity index (χ0) is 18.5. The molecular weight excluding hydrogens is 344 g/mol. The van der Waals surface area contributed by atoms with Crippen LogP contribution in [0.5, 0.6) is 5.75 Å². The fourth-order valence-corrected chi connectivity index (χ4v) is 3.07. The number of carbonyl (C=O) groups excluding carboxylic acids is 1. The van der Waals surface area contributed by atoms with Crippen LogP contribution in [0.25, 0.3) is 0 Å². The molecule has 6 nitrogen and oxygen atoms in total. The molecule has 0 saturated carbocycles. The van der Waals surface area contributed by atoms with Gasteiger partial charge in [0.1, 0.15) is 12.4 Å². The number of hydrogen-bond acceptors (Lipinski definition) is 4. The number of nitrogens with one attached hydrogen (secondary N) is 1. The number of hydrogen-bond donors (Lipinski definition) is 1. The van der Waals surface area contributed by atoms with E-state index in [2.05, 4.69) is 10.2 Å². The van der Waals surface area contributed by atoms with Gasteiger partial charge in [-0.3, -0.25) is 9.89 Å². The minimum absolute atomic E-state index is 0.00959. The van der Waals surface area contributed by atoms with Crippen molar-refractivity contribution in [2.45, 2.75) is 31.9 Å².